The van der Waals surface area contributed by atoms with Gasteiger partial charge in [-0.1, -0.05) is 5.16 Å². The molecule has 1 N–H and O–H groups in total. The molecule has 4 rings (SSSR count). The maximum Gasteiger partial charge on any atom is 0.301 e. The van der Waals surface area contributed by atoms with Crippen molar-refractivity contribution in [3.8, 4) is 17.2 Å². The smallest absolute Gasteiger partial charge is 0.301 e. The van der Waals surface area contributed by atoms with Crippen LogP contribution in [0.2, 0.25) is 0 Å². The molecule has 0 aliphatic carbocycles. The Balaban J connectivity index is 1.98. The van der Waals surface area contributed by atoms with E-state index in [9.17, 15) is 14.7 Å². The molecule has 2 heterocycles. The number of aliphatic hydroxyl groups excluding tert-OH is 1. The van der Waals surface area contributed by atoms with Crippen LogP contribution in [-0.2, 0) is 9.59 Å². The Morgan fingerprint density at radius 1 is 0.970 bits per heavy atom. The molecule has 1 aliphatic rings. The largest absolute Gasteiger partial charge is 0.507 e. The van der Waals surface area contributed by atoms with E-state index in [0.717, 1.165) is 0 Å². The maximum atomic E-state index is 13.2. The van der Waals surface area contributed by atoms with Crippen molar-refractivity contribution in [2.24, 2.45) is 0 Å². The van der Waals surface area contributed by atoms with Gasteiger partial charge in [0.1, 0.15) is 34.8 Å². The number of carbonyl (C=O) groups excluding carboxylic acids is 2. The van der Waals surface area contributed by atoms with Gasteiger partial charge in [0, 0.05) is 17.2 Å². The van der Waals surface area contributed by atoms with E-state index < -0.39 is 17.7 Å². The number of aryl methyl sites for hydroxylation is 1. The lowest BCUT2D eigenvalue weighted by Crippen LogP contribution is -2.30. The summed E-state index contributed by atoms with van der Waals surface area (Å²) in [6.45, 7) is 1.67. The number of aliphatic hydroxyl groups is 1. The van der Waals surface area contributed by atoms with E-state index in [1.807, 2.05) is 0 Å². The Labute approximate surface area is 189 Å². The second kappa shape index (κ2) is 8.70. The summed E-state index contributed by atoms with van der Waals surface area (Å²) >= 11 is 0. The summed E-state index contributed by atoms with van der Waals surface area (Å²) in [6, 6.07) is 12.0. The highest BCUT2D eigenvalue weighted by molar-refractivity contribution is 6.51. The minimum atomic E-state index is -1.04. The predicted molar refractivity (Wildman–Crippen MR) is 119 cm³/mol. The van der Waals surface area contributed by atoms with E-state index in [1.54, 1.807) is 49.4 Å². The fourth-order valence-electron chi connectivity index (χ4n) is 3.79. The minimum Gasteiger partial charge on any atom is -0.507 e. The number of rotatable bonds is 6. The number of ketones is 1. The van der Waals surface area contributed by atoms with Crippen molar-refractivity contribution in [3.05, 3.63) is 71.0 Å². The van der Waals surface area contributed by atoms with Crippen LogP contribution in [-0.4, -0.2) is 43.3 Å². The highest BCUT2D eigenvalue weighted by atomic mass is 16.5. The van der Waals surface area contributed by atoms with Crippen LogP contribution >= 0.6 is 0 Å². The highest BCUT2D eigenvalue weighted by Gasteiger charge is 2.49. The summed E-state index contributed by atoms with van der Waals surface area (Å²) < 4.78 is 21.2. The van der Waals surface area contributed by atoms with Gasteiger partial charge in [-0.2, -0.15) is 0 Å². The van der Waals surface area contributed by atoms with Gasteiger partial charge in [-0.05, 0) is 49.4 Å². The number of carbonyl (C=O) groups is 2. The number of amides is 1. The van der Waals surface area contributed by atoms with Crippen molar-refractivity contribution in [1.29, 1.82) is 0 Å². The average Bonchev–Trinajstić information content (AvgIpc) is 3.38. The van der Waals surface area contributed by atoms with E-state index in [0.29, 0.717) is 34.1 Å². The molecule has 0 spiro atoms. The minimum absolute atomic E-state index is 0.114. The quantitative estimate of drug-likeness (QED) is 0.344. The van der Waals surface area contributed by atoms with Gasteiger partial charge in [0.2, 0.25) is 0 Å². The molecular formula is C24H22N2O7. The SMILES string of the molecule is COc1ccc(/C(O)=C2/C(=O)C(=O)N(c3cc(C)on3)C2c2cc(OC)ccc2OC)cc1. The molecule has 0 radical (unpaired) electrons. The number of ether oxygens (including phenoxy) is 3. The Morgan fingerprint density at radius 3 is 2.21 bits per heavy atom. The van der Waals surface area contributed by atoms with Gasteiger partial charge >= 0.3 is 5.91 Å². The topological polar surface area (TPSA) is 111 Å². The first-order valence-electron chi connectivity index (χ1n) is 10.00. The van der Waals surface area contributed by atoms with Crippen molar-refractivity contribution in [2.45, 2.75) is 13.0 Å². The molecule has 1 aliphatic heterocycles. The van der Waals surface area contributed by atoms with Crippen LogP contribution in [0, 0.1) is 6.92 Å². The Hall–Kier alpha value is -4.27. The van der Waals surface area contributed by atoms with Crippen LogP contribution in [0.15, 0.2) is 58.6 Å². The molecule has 9 heteroatoms. The van der Waals surface area contributed by atoms with Crippen molar-refractivity contribution >= 4 is 23.3 Å². The molecule has 9 nitrogen and oxygen atoms in total. The lowest BCUT2D eigenvalue weighted by Gasteiger charge is -2.24. The summed E-state index contributed by atoms with van der Waals surface area (Å²) in [5.74, 6) is -0.000794. The van der Waals surface area contributed by atoms with E-state index in [4.69, 9.17) is 18.7 Å². The van der Waals surface area contributed by atoms with Crippen molar-refractivity contribution in [1.82, 2.24) is 5.16 Å². The second-order valence-corrected chi connectivity index (χ2v) is 7.30. The Kier molecular flexibility index (Phi) is 5.78. The van der Waals surface area contributed by atoms with Gasteiger partial charge in [0.15, 0.2) is 5.82 Å². The molecular weight excluding hydrogens is 428 g/mol. The van der Waals surface area contributed by atoms with Crippen molar-refractivity contribution in [2.75, 3.05) is 26.2 Å². The molecule has 170 valence electrons. The van der Waals surface area contributed by atoms with Crippen LogP contribution in [0.3, 0.4) is 0 Å². The van der Waals surface area contributed by atoms with Crippen LogP contribution in [0.5, 0.6) is 17.2 Å². The molecule has 1 saturated heterocycles. The zero-order valence-electron chi connectivity index (χ0n) is 18.5. The summed E-state index contributed by atoms with van der Waals surface area (Å²) in [6.07, 6.45) is 0. The van der Waals surface area contributed by atoms with Crippen LogP contribution in [0.25, 0.3) is 5.76 Å². The number of nitrogens with zero attached hydrogens (tertiary/aromatic N) is 2. The molecule has 1 aromatic heterocycles. The van der Waals surface area contributed by atoms with E-state index in [2.05, 4.69) is 5.16 Å². The fraction of sp³-hybridized carbons (Fsp3) is 0.208. The van der Waals surface area contributed by atoms with Gasteiger partial charge in [0.05, 0.1) is 26.9 Å². The van der Waals surface area contributed by atoms with E-state index in [-0.39, 0.29) is 17.2 Å². The Morgan fingerprint density at radius 2 is 1.64 bits per heavy atom. The molecule has 33 heavy (non-hydrogen) atoms. The lowest BCUT2D eigenvalue weighted by atomic mass is 9.94. The molecule has 1 unspecified atom stereocenters. The molecule has 1 amide bonds. The summed E-state index contributed by atoms with van der Waals surface area (Å²) in [7, 11) is 4.50. The fourth-order valence-corrected chi connectivity index (χ4v) is 3.79. The number of hydrogen-bond donors (Lipinski definition) is 1. The third-order valence-electron chi connectivity index (χ3n) is 5.40. The second-order valence-electron chi connectivity index (χ2n) is 7.30. The normalized spacial score (nSPS) is 17.3. The van der Waals surface area contributed by atoms with Crippen molar-refractivity contribution < 1.29 is 33.4 Å². The first-order valence-corrected chi connectivity index (χ1v) is 10.00. The number of benzene rings is 2. The number of hydrogen-bond acceptors (Lipinski definition) is 8. The number of methoxy groups -OCH3 is 3. The number of anilines is 1. The standard InChI is InChI=1S/C24H22N2O7/c1-13-11-19(25-33-13)26-21(17-12-16(31-3)9-10-18(17)32-4)20(23(28)24(26)29)22(27)14-5-7-15(30-2)8-6-14/h5-12,21,27H,1-4H3/b22-20-. The zero-order chi connectivity index (χ0) is 23.7. The van der Waals surface area contributed by atoms with Gasteiger partial charge in [-0.25, -0.2) is 0 Å². The summed E-state index contributed by atoms with van der Waals surface area (Å²) in [5.41, 5.74) is 0.668. The maximum absolute atomic E-state index is 13.2. The zero-order valence-corrected chi connectivity index (χ0v) is 18.5. The molecule has 3 aromatic rings. The van der Waals surface area contributed by atoms with E-state index >= 15 is 0 Å². The number of aromatic nitrogens is 1. The lowest BCUT2D eigenvalue weighted by molar-refractivity contribution is -0.132. The molecule has 0 bridgehead atoms. The summed E-state index contributed by atoms with van der Waals surface area (Å²) in [5, 5.41) is 15.1. The molecule has 0 saturated carbocycles. The van der Waals surface area contributed by atoms with Gasteiger partial charge in [0.25, 0.3) is 5.78 Å². The van der Waals surface area contributed by atoms with Gasteiger partial charge in [-0.15, -0.1) is 0 Å². The Bertz CT molecular complexity index is 1240. The average molecular weight is 450 g/mol. The third-order valence-corrected chi connectivity index (χ3v) is 5.40. The van der Waals surface area contributed by atoms with Crippen LogP contribution in [0.4, 0.5) is 5.82 Å². The molecule has 1 fully saturated rings. The van der Waals surface area contributed by atoms with Gasteiger partial charge in [-0.3, -0.25) is 14.5 Å². The van der Waals surface area contributed by atoms with Crippen LogP contribution in [0.1, 0.15) is 22.9 Å². The highest BCUT2D eigenvalue weighted by Crippen LogP contribution is 2.45. The first kappa shape index (κ1) is 21.9. The number of Topliss-reactive ketones (excluding diaryl/α,β-unsaturated/α-hetero) is 1. The summed E-state index contributed by atoms with van der Waals surface area (Å²) in [4.78, 5) is 27.5. The molecule has 1 atom stereocenters. The first-order chi connectivity index (χ1) is 15.9. The molecule has 2 aromatic carbocycles. The van der Waals surface area contributed by atoms with E-state index in [1.165, 1.54) is 32.3 Å². The monoisotopic (exact) mass is 450 g/mol. The van der Waals surface area contributed by atoms with Crippen LogP contribution < -0.4 is 19.1 Å². The third kappa shape index (κ3) is 3.78. The predicted octanol–water partition coefficient (Wildman–Crippen LogP) is 3.64. The van der Waals surface area contributed by atoms with Crippen molar-refractivity contribution in [3.63, 3.8) is 0 Å². The van der Waals surface area contributed by atoms with Gasteiger partial charge < -0.3 is 23.8 Å².